The first-order valence-electron chi connectivity index (χ1n) is 5.58. The minimum Gasteiger partial charge on any atom is -0.480 e. The van der Waals surface area contributed by atoms with Crippen LogP contribution in [0, 0.1) is 0 Å². The molecule has 2 aliphatic rings. The molecule has 0 aliphatic carbocycles. The molecule has 10 heteroatoms. The summed E-state index contributed by atoms with van der Waals surface area (Å²) in [5.41, 5.74) is -1.28. The number of carbonyl (C=O) groups is 3. The number of carbonyl (C=O) groups excluding carboxylic acids is 2. The predicted molar refractivity (Wildman–Crippen MR) is 61.6 cm³/mol. The normalized spacial score (nSPS) is 28.2. The summed E-state index contributed by atoms with van der Waals surface area (Å²) in [6, 6.07) is -0.664. The van der Waals surface area contributed by atoms with Crippen LogP contribution in [0.5, 0.6) is 0 Å². The van der Waals surface area contributed by atoms with Crippen LogP contribution in [-0.4, -0.2) is 60.1 Å². The number of hydrogen-bond donors (Lipinski definition) is 3. The van der Waals surface area contributed by atoms with Gasteiger partial charge in [-0.05, 0) is 12.8 Å². The molecule has 0 aromatic heterocycles. The maximum Gasteiger partial charge on any atom is 0.322 e. The third-order valence-corrected chi connectivity index (χ3v) is 4.88. The third kappa shape index (κ3) is 2.54. The minimum atomic E-state index is -3.98. The van der Waals surface area contributed by atoms with E-state index in [2.05, 4.69) is 10.6 Å². The number of amides is 3. The standard InChI is InChI=1S/C9H13N3O6S/c13-6(14)4-19(17,18)12-3-1-2-9(5-12)7(15)10-8(16)11-9/h1-5H2,(H,13,14)(H2,10,11,15,16). The molecule has 106 valence electrons. The van der Waals surface area contributed by atoms with Gasteiger partial charge in [-0.2, -0.15) is 4.31 Å². The Morgan fingerprint density at radius 3 is 2.63 bits per heavy atom. The molecule has 1 unspecified atom stereocenters. The number of carboxylic acids is 1. The summed E-state index contributed by atoms with van der Waals surface area (Å²) in [7, 11) is -3.98. The lowest BCUT2D eigenvalue weighted by Gasteiger charge is -2.36. The fraction of sp³-hybridized carbons (Fsp3) is 0.667. The molecule has 0 saturated carbocycles. The first kappa shape index (κ1) is 13.7. The van der Waals surface area contributed by atoms with E-state index in [1.165, 1.54) is 0 Å². The number of carboxylic acid groups (broad SMARTS) is 1. The van der Waals surface area contributed by atoms with E-state index in [-0.39, 0.29) is 13.1 Å². The van der Waals surface area contributed by atoms with Crippen molar-refractivity contribution in [1.29, 1.82) is 0 Å². The van der Waals surface area contributed by atoms with E-state index < -0.39 is 39.2 Å². The van der Waals surface area contributed by atoms with Gasteiger partial charge in [0.1, 0.15) is 5.54 Å². The Morgan fingerprint density at radius 1 is 1.42 bits per heavy atom. The lowest BCUT2D eigenvalue weighted by Crippen LogP contribution is -2.60. The van der Waals surface area contributed by atoms with E-state index in [4.69, 9.17) is 5.11 Å². The van der Waals surface area contributed by atoms with Gasteiger partial charge in [0, 0.05) is 13.1 Å². The van der Waals surface area contributed by atoms with Crippen molar-refractivity contribution in [2.75, 3.05) is 18.8 Å². The predicted octanol–water partition coefficient (Wildman–Crippen LogP) is -1.93. The van der Waals surface area contributed by atoms with Crippen LogP contribution in [0.25, 0.3) is 0 Å². The highest BCUT2D eigenvalue weighted by atomic mass is 32.2. The van der Waals surface area contributed by atoms with Gasteiger partial charge in [-0.1, -0.05) is 0 Å². The van der Waals surface area contributed by atoms with E-state index in [1.54, 1.807) is 0 Å². The van der Waals surface area contributed by atoms with Crippen molar-refractivity contribution in [3.63, 3.8) is 0 Å². The number of imide groups is 1. The number of nitrogens with one attached hydrogen (secondary N) is 2. The molecule has 3 amide bonds. The van der Waals surface area contributed by atoms with Crippen molar-refractivity contribution < 1.29 is 27.9 Å². The van der Waals surface area contributed by atoms with Crippen molar-refractivity contribution in [3.8, 4) is 0 Å². The molecule has 0 bridgehead atoms. The van der Waals surface area contributed by atoms with Crippen molar-refractivity contribution in [1.82, 2.24) is 14.9 Å². The van der Waals surface area contributed by atoms with E-state index in [0.717, 1.165) is 4.31 Å². The molecule has 2 saturated heterocycles. The number of nitrogens with zero attached hydrogens (tertiary/aromatic N) is 1. The fourth-order valence-corrected chi connectivity index (χ4v) is 3.64. The van der Waals surface area contributed by atoms with Gasteiger partial charge >= 0.3 is 12.0 Å². The highest BCUT2D eigenvalue weighted by molar-refractivity contribution is 7.89. The summed E-state index contributed by atoms with van der Waals surface area (Å²) >= 11 is 0. The second-order valence-electron chi connectivity index (χ2n) is 4.58. The topological polar surface area (TPSA) is 133 Å². The molecule has 0 radical (unpaired) electrons. The van der Waals surface area contributed by atoms with E-state index in [0.29, 0.717) is 12.8 Å². The van der Waals surface area contributed by atoms with Crippen LogP contribution in [0.4, 0.5) is 4.79 Å². The molecular weight excluding hydrogens is 278 g/mol. The minimum absolute atomic E-state index is 0.139. The van der Waals surface area contributed by atoms with Gasteiger partial charge in [0.05, 0.1) is 0 Å². The van der Waals surface area contributed by atoms with E-state index in [9.17, 15) is 22.8 Å². The largest absolute Gasteiger partial charge is 0.480 e. The number of sulfonamides is 1. The monoisotopic (exact) mass is 291 g/mol. The molecule has 2 heterocycles. The summed E-state index contributed by atoms with van der Waals surface area (Å²) in [4.78, 5) is 33.4. The van der Waals surface area contributed by atoms with Gasteiger partial charge in [0.25, 0.3) is 5.91 Å². The molecule has 2 aliphatic heterocycles. The Bertz CT molecular complexity index is 544. The van der Waals surface area contributed by atoms with Crippen molar-refractivity contribution in [3.05, 3.63) is 0 Å². The third-order valence-electron chi connectivity index (χ3n) is 3.17. The Kier molecular flexibility index (Phi) is 3.22. The average molecular weight is 291 g/mol. The van der Waals surface area contributed by atoms with Crippen LogP contribution < -0.4 is 10.6 Å². The number of urea groups is 1. The van der Waals surface area contributed by atoms with Crippen LogP contribution in [0.3, 0.4) is 0 Å². The van der Waals surface area contributed by atoms with Crippen molar-refractivity contribution in [2.24, 2.45) is 0 Å². The summed E-state index contributed by atoms with van der Waals surface area (Å²) in [5.74, 6) is -3.06. The Morgan fingerprint density at radius 2 is 2.11 bits per heavy atom. The summed E-state index contributed by atoms with van der Waals surface area (Å²) in [6.45, 7) is -0.0965. The number of piperidine rings is 1. The first-order valence-corrected chi connectivity index (χ1v) is 7.19. The Balaban J connectivity index is 2.20. The second-order valence-corrected chi connectivity index (χ2v) is 6.55. The number of rotatable bonds is 3. The molecule has 2 rings (SSSR count). The van der Waals surface area contributed by atoms with Crippen molar-refractivity contribution in [2.45, 2.75) is 18.4 Å². The van der Waals surface area contributed by atoms with Crippen LogP contribution >= 0.6 is 0 Å². The number of hydrogen-bond acceptors (Lipinski definition) is 5. The lowest BCUT2D eigenvalue weighted by molar-refractivity contribution is -0.134. The van der Waals surface area contributed by atoms with Gasteiger partial charge in [-0.3, -0.25) is 14.9 Å². The van der Waals surface area contributed by atoms with Crippen molar-refractivity contribution >= 4 is 27.9 Å². The van der Waals surface area contributed by atoms with Crippen LogP contribution in [0.1, 0.15) is 12.8 Å². The molecule has 1 spiro atoms. The molecule has 0 aromatic rings. The maximum atomic E-state index is 11.8. The highest BCUT2D eigenvalue weighted by Gasteiger charge is 2.50. The molecule has 1 atom stereocenters. The van der Waals surface area contributed by atoms with Crippen LogP contribution in [0.2, 0.25) is 0 Å². The Labute approximate surface area is 109 Å². The first-order chi connectivity index (χ1) is 8.75. The zero-order valence-electron chi connectivity index (χ0n) is 9.88. The molecule has 9 nitrogen and oxygen atoms in total. The van der Waals surface area contributed by atoms with Gasteiger partial charge in [-0.15, -0.1) is 0 Å². The van der Waals surface area contributed by atoms with Crippen LogP contribution in [0.15, 0.2) is 0 Å². The van der Waals surface area contributed by atoms with E-state index >= 15 is 0 Å². The summed E-state index contributed by atoms with van der Waals surface area (Å²) in [5, 5.41) is 13.1. The van der Waals surface area contributed by atoms with Gasteiger partial charge in [-0.25, -0.2) is 13.2 Å². The molecule has 0 aromatic carbocycles. The zero-order chi connectivity index (χ0) is 14.3. The zero-order valence-corrected chi connectivity index (χ0v) is 10.7. The number of aliphatic carboxylic acids is 1. The van der Waals surface area contributed by atoms with Gasteiger partial charge in [0.2, 0.25) is 10.0 Å². The molecule has 2 fully saturated rings. The maximum absolute atomic E-state index is 11.8. The van der Waals surface area contributed by atoms with Gasteiger partial charge < -0.3 is 10.4 Å². The molecule has 19 heavy (non-hydrogen) atoms. The Hall–Kier alpha value is -1.68. The van der Waals surface area contributed by atoms with Gasteiger partial charge in [0.15, 0.2) is 5.75 Å². The van der Waals surface area contributed by atoms with E-state index in [1.807, 2.05) is 0 Å². The highest BCUT2D eigenvalue weighted by Crippen LogP contribution is 2.26. The summed E-state index contributed by atoms with van der Waals surface area (Å²) < 4.78 is 24.6. The summed E-state index contributed by atoms with van der Waals surface area (Å²) in [6.07, 6.45) is 0.691. The molecule has 3 N–H and O–H groups in total. The smallest absolute Gasteiger partial charge is 0.322 e. The molecular formula is C9H13N3O6S. The lowest BCUT2D eigenvalue weighted by atomic mass is 9.90. The van der Waals surface area contributed by atoms with Crippen LogP contribution in [-0.2, 0) is 19.6 Å². The average Bonchev–Trinajstić information content (AvgIpc) is 2.52. The quantitative estimate of drug-likeness (QED) is 0.519. The second kappa shape index (κ2) is 4.46. The SMILES string of the molecule is O=C(O)CS(=O)(=O)N1CCCC2(C1)NC(=O)NC2=O. The fourth-order valence-electron chi connectivity index (χ4n) is 2.32.